The Morgan fingerprint density at radius 3 is 2.45 bits per heavy atom. The molecular formula is C17H27N3. The number of likely N-dealkylation sites (tertiary alicyclic amines) is 1. The highest BCUT2D eigenvalue weighted by Gasteiger charge is 2.46. The number of rotatable bonds is 4. The minimum atomic E-state index is 0.320. The molecule has 3 nitrogen and oxygen atoms in total. The van der Waals surface area contributed by atoms with E-state index in [1.165, 1.54) is 62.7 Å². The van der Waals surface area contributed by atoms with Gasteiger partial charge in [0.25, 0.3) is 0 Å². The molecule has 0 bridgehead atoms. The molecule has 0 spiro atoms. The van der Waals surface area contributed by atoms with Crippen molar-refractivity contribution >= 4 is 0 Å². The van der Waals surface area contributed by atoms with Crippen molar-refractivity contribution in [3.05, 3.63) is 29.6 Å². The molecule has 110 valence electrons. The second-order valence-electron chi connectivity index (χ2n) is 6.52. The van der Waals surface area contributed by atoms with Crippen LogP contribution in [0, 0.1) is 6.92 Å². The van der Waals surface area contributed by atoms with E-state index in [-0.39, 0.29) is 0 Å². The molecule has 1 N–H and O–H groups in total. The fourth-order valence-electron chi connectivity index (χ4n) is 4.42. The monoisotopic (exact) mass is 273 g/mol. The average Bonchev–Trinajstić information content (AvgIpc) is 3.11. The number of hydrogen-bond acceptors (Lipinski definition) is 3. The molecule has 2 aliphatic rings. The Kier molecular flexibility index (Phi) is 4.08. The van der Waals surface area contributed by atoms with E-state index in [1.54, 1.807) is 0 Å². The van der Waals surface area contributed by atoms with Gasteiger partial charge in [-0.05, 0) is 63.9 Å². The topological polar surface area (TPSA) is 28.2 Å². The Bertz CT molecular complexity index is 445. The molecule has 1 saturated carbocycles. The second-order valence-corrected chi connectivity index (χ2v) is 6.52. The third-order valence-electron chi connectivity index (χ3n) is 5.26. The Morgan fingerprint density at radius 2 is 1.85 bits per heavy atom. The van der Waals surface area contributed by atoms with Crippen LogP contribution in [0.1, 0.15) is 55.7 Å². The number of aromatic nitrogens is 1. The first kappa shape index (κ1) is 14.0. The fraction of sp³-hybridized carbons (Fsp3) is 0.706. The summed E-state index contributed by atoms with van der Waals surface area (Å²) in [5.41, 5.74) is 2.94. The minimum absolute atomic E-state index is 0.320. The zero-order chi connectivity index (χ0) is 14.0. The van der Waals surface area contributed by atoms with Crippen LogP contribution in [0.5, 0.6) is 0 Å². The number of aryl methyl sites for hydroxylation is 1. The SMILES string of the molecule is CNC(c1cncc(C)c1)C1(N2CCCC2)CCCC1. The molecule has 1 aromatic rings. The van der Waals surface area contributed by atoms with Crippen LogP contribution in [0.3, 0.4) is 0 Å². The lowest BCUT2D eigenvalue weighted by molar-refractivity contribution is 0.0795. The highest BCUT2D eigenvalue weighted by atomic mass is 15.2. The Balaban J connectivity index is 1.95. The normalized spacial score (nSPS) is 24.1. The highest BCUT2D eigenvalue weighted by molar-refractivity contribution is 5.25. The molecule has 0 amide bonds. The van der Waals surface area contributed by atoms with Gasteiger partial charge in [-0.15, -0.1) is 0 Å². The maximum atomic E-state index is 4.42. The third-order valence-corrected chi connectivity index (χ3v) is 5.26. The van der Waals surface area contributed by atoms with E-state index in [0.717, 1.165) is 0 Å². The molecule has 0 aromatic carbocycles. The molecule has 2 heterocycles. The van der Waals surface area contributed by atoms with Crippen LogP contribution < -0.4 is 5.32 Å². The Hall–Kier alpha value is -0.930. The van der Waals surface area contributed by atoms with E-state index < -0.39 is 0 Å². The van der Waals surface area contributed by atoms with Crippen LogP contribution in [0.25, 0.3) is 0 Å². The van der Waals surface area contributed by atoms with Gasteiger partial charge >= 0.3 is 0 Å². The van der Waals surface area contributed by atoms with E-state index in [1.807, 2.05) is 6.20 Å². The molecule has 1 aliphatic carbocycles. The van der Waals surface area contributed by atoms with Crippen molar-refractivity contribution in [1.82, 2.24) is 15.2 Å². The van der Waals surface area contributed by atoms with Crippen LogP contribution in [0.2, 0.25) is 0 Å². The molecule has 1 atom stereocenters. The first-order valence-corrected chi connectivity index (χ1v) is 8.10. The minimum Gasteiger partial charge on any atom is -0.311 e. The summed E-state index contributed by atoms with van der Waals surface area (Å²) in [6.45, 7) is 4.69. The van der Waals surface area contributed by atoms with E-state index in [2.05, 4.69) is 41.4 Å². The predicted octanol–water partition coefficient (Wildman–Crippen LogP) is 3.06. The van der Waals surface area contributed by atoms with Crippen molar-refractivity contribution in [2.45, 2.75) is 57.0 Å². The van der Waals surface area contributed by atoms with Gasteiger partial charge in [0.1, 0.15) is 0 Å². The van der Waals surface area contributed by atoms with Gasteiger partial charge in [0.2, 0.25) is 0 Å². The van der Waals surface area contributed by atoms with Crippen LogP contribution in [-0.2, 0) is 0 Å². The first-order valence-electron chi connectivity index (χ1n) is 8.10. The highest BCUT2D eigenvalue weighted by Crippen LogP contribution is 2.45. The van der Waals surface area contributed by atoms with Gasteiger partial charge < -0.3 is 5.32 Å². The number of hydrogen-bond donors (Lipinski definition) is 1. The number of nitrogens with one attached hydrogen (secondary N) is 1. The molecule has 3 heteroatoms. The largest absolute Gasteiger partial charge is 0.311 e. The molecule has 0 radical (unpaired) electrons. The zero-order valence-corrected chi connectivity index (χ0v) is 12.9. The van der Waals surface area contributed by atoms with Gasteiger partial charge in [0, 0.05) is 17.9 Å². The molecule has 1 aliphatic heterocycles. The van der Waals surface area contributed by atoms with Crippen LogP contribution in [-0.4, -0.2) is 35.6 Å². The van der Waals surface area contributed by atoms with Gasteiger partial charge in [-0.3, -0.25) is 9.88 Å². The van der Waals surface area contributed by atoms with E-state index in [0.29, 0.717) is 11.6 Å². The lowest BCUT2D eigenvalue weighted by atomic mass is 9.82. The molecule has 1 aromatic heterocycles. The smallest absolute Gasteiger partial charge is 0.0520 e. The zero-order valence-electron chi connectivity index (χ0n) is 12.9. The van der Waals surface area contributed by atoms with Crippen LogP contribution in [0.15, 0.2) is 18.5 Å². The van der Waals surface area contributed by atoms with Crippen molar-refractivity contribution in [3.63, 3.8) is 0 Å². The molecule has 1 unspecified atom stereocenters. The van der Waals surface area contributed by atoms with E-state index in [4.69, 9.17) is 0 Å². The van der Waals surface area contributed by atoms with Crippen LogP contribution in [0.4, 0.5) is 0 Å². The lowest BCUT2D eigenvalue weighted by Gasteiger charge is -2.45. The predicted molar refractivity (Wildman–Crippen MR) is 82.8 cm³/mol. The van der Waals surface area contributed by atoms with Gasteiger partial charge in [-0.2, -0.15) is 0 Å². The van der Waals surface area contributed by atoms with Gasteiger partial charge in [0.05, 0.1) is 6.04 Å². The molecular weight excluding hydrogens is 246 g/mol. The average molecular weight is 273 g/mol. The molecule has 1 saturated heterocycles. The van der Waals surface area contributed by atoms with E-state index in [9.17, 15) is 0 Å². The first-order chi connectivity index (χ1) is 9.76. The quantitative estimate of drug-likeness (QED) is 0.914. The van der Waals surface area contributed by atoms with Crippen molar-refractivity contribution in [3.8, 4) is 0 Å². The summed E-state index contributed by atoms with van der Waals surface area (Å²) in [6.07, 6.45) is 12.1. The lowest BCUT2D eigenvalue weighted by Crippen LogP contribution is -2.53. The summed E-state index contributed by atoms with van der Waals surface area (Å²) >= 11 is 0. The summed E-state index contributed by atoms with van der Waals surface area (Å²) < 4.78 is 0. The van der Waals surface area contributed by atoms with Gasteiger partial charge in [-0.1, -0.05) is 18.9 Å². The number of likely N-dealkylation sites (N-methyl/N-ethyl adjacent to an activating group) is 1. The van der Waals surface area contributed by atoms with Crippen molar-refractivity contribution in [2.24, 2.45) is 0 Å². The summed E-state index contributed by atoms with van der Waals surface area (Å²) in [5.74, 6) is 0. The number of pyridine rings is 1. The molecule has 20 heavy (non-hydrogen) atoms. The third kappa shape index (κ3) is 2.38. The molecule has 2 fully saturated rings. The maximum Gasteiger partial charge on any atom is 0.0520 e. The summed E-state index contributed by atoms with van der Waals surface area (Å²) in [5, 5.41) is 3.62. The summed E-state index contributed by atoms with van der Waals surface area (Å²) in [4.78, 5) is 7.19. The van der Waals surface area contributed by atoms with Gasteiger partial charge in [-0.25, -0.2) is 0 Å². The van der Waals surface area contributed by atoms with Crippen molar-refractivity contribution in [2.75, 3.05) is 20.1 Å². The summed E-state index contributed by atoms with van der Waals surface area (Å²) in [7, 11) is 2.11. The van der Waals surface area contributed by atoms with E-state index >= 15 is 0 Å². The fourth-order valence-corrected chi connectivity index (χ4v) is 4.42. The Labute approximate surface area is 122 Å². The van der Waals surface area contributed by atoms with Crippen LogP contribution >= 0.6 is 0 Å². The van der Waals surface area contributed by atoms with Crippen molar-refractivity contribution < 1.29 is 0 Å². The summed E-state index contributed by atoms with van der Waals surface area (Å²) in [6, 6.07) is 2.72. The number of nitrogens with zero attached hydrogens (tertiary/aromatic N) is 2. The second kappa shape index (κ2) is 5.82. The Morgan fingerprint density at radius 1 is 1.15 bits per heavy atom. The molecule has 3 rings (SSSR count). The van der Waals surface area contributed by atoms with Gasteiger partial charge in [0.15, 0.2) is 0 Å². The standard InChI is InChI=1S/C17H27N3/c1-14-11-15(13-19-12-14)16(18-2)17(7-3-4-8-17)20-9-5-6-10-20/h11-13,16,18H,3-10H2,1-2H3. The van der Waals surface area contributed by atoms with Crippen molar-refractivity contribution in [1.29, 1.82) is 0 Å². The maximum absolute atomic E-state index is 4.42.